The Morgan fingerprint density at radius 3 is 2.53 bits per heavy atom. The van der Waals surface area contributed by atoms with Crippen molar-refractivity contribution in [3.63, 3.8) is 0 Å². The van der Waals surface area contributed by atoms with Gasteiger partial charge >= 0.3 is 0 Å². The predicted octanol–water partition coefficient (Wildman–Crippen LogP) is 3.64. The Bertz CT molecular complexity index is 1200. The molecular weight excluding hydrogens is 444 g/mol. The summed E-state index contributed by atoms with van der Waals surface area (Å²) in [7, 11) is 0. The Hall–Kier alpha value is -3.27. The zero-order valence-electron chi connectivity index (χ0n) is 18.1. The lowest BCUT2D eigenvalue weighted by Gasteiger charge is -2.38. The second kappa shape index (κ2) is 9.17. The molecule has 2 aromatic heterocycles. The quantitative estimate of drug-likeness (QED) is 0.529. The first-order valence-electron chi connectivity index (χ1n) is 11.1. The molecule has 4 atom stereocenters. The Labute approximate surface area is 194 Å². The van der Waals surface area contributed by atoms with Gasteiger partial charge in [0.25, 0.3) is 5.91 Å². The number of halogens is 2. The van der Waals surface area contributed by atoms with Gasteiger partial charge in [-0.2, -0.15) is 0 Å². The molecule has 0 spiro atoms. The lowest BCUT2D eigenvalue weighted by Crippen LogP contribution is -2.46. The van der Waals surface area contributed by atoms with Crippen molar-refractivity contribution in [1.82, 2.24) is 9.97 Å². The van der Waals surface area contributed by atoms with Crippen LogP contribution >= 0.6 is 0 Å². The lowest BCUT2D eigenvalue weighted by molar-refractivity contribution is -0.177. The molecule has 7 nitrogen and oxygen atoms in total. The van der Waals surface area contributed by atoms with Gasteiger partial charge in [-0.05, 0) is 49.1 Å². The predicted molar refractivity (Wildman–Crippen MR) is 119 cm³/mol. The van der Waals surface area contributed by atoms with Gasteiger partial charge < -0.3 is 20.3 Å². The van der Waals surface area contributed by atoms with E-state index < -0.39 is 42.0 Å². The Balaban J connectivity index is 1.39. The molecule has 1 amide bonds. The molecule has 2 aliphatic rings. The smallest absolute Gasteiger partial charge is 0.274 e. The molecule has 1 saturated carbocycles. The van der Waals surface area contributed by atoms with E-state index in [0.29, 0.717) is 11.3 Å². The molecule has 34 heavy (non-hydrogen) atoms. The molecule has 0 radical (unpaired) electrons. The van der Waals surface area contributed by atoms with Gasteiger partial charge in [0.15, 0.2) is 0 Å². The number of anilines is 1. The maximum absolute atomic E-state index is 14.2. The monoisotopic (exact) mass is 467 g/mol. The summed E-state index contributed by atoms with van der Waals surface area (Å²) in [5.74, 6) is -1.94. The van der Waals surface area contributed by atoms with Crippen LogP contribution in [0.25, 0.3) is 11.3 Å². The molecular formula is C25H23F2N3O4. The number of carbonyl (C=O) groups is 1. The maximum Gasteiger partial charge on any atom is 0.274 e. The number of rotatable bonds is 5. The van der Waals surface area contributed by atoms with E-state index in [-0.39, 0.29) is 29.3 Å². The highest BCUT2D eigenvalue weighted by atomic mass is 19.1. The van der Waals surface area contributed by atoms with Crippen LogP contribution < -0.4 is 5.32 Å². The first-order valence-corrected chi connectivity index (χ1v) is 11.1. The van der Waals surface area contributed by atoms with Crippen molar-refractivity contribution in [2.75, 3.05) is 5.32 Å². The van der Waals surface area contributed by atoms with E-state index in [1.165, 1.54) is 30.5 Å². The number of aromatic nitrogens is 2. The van der Waals surface area contributed by atoms with Crippen molar-refractivity contribution in [2.24, 2.45) is 5.92 Å². The van der Waals surface area contributed by atoms with E-state index in [1.54, 1.807) is 12.3 Å². The zero-order valence-corrected chi connectivity index (χ0v) is 18.1. The van der Waals surface area contributed by atoms with Crippen molar-refractivity contribution in [3.05, 3.63) is 77.8 Å². The summed E-state index contributed by atoms with van der Waals surface area (Å²) in [5, 5.41) is 23.4. The summed E-state index contributed by atoms with van der Waals surface area (Å²) in [4.78, 5) is 21.2. The highest BCUT2D eigenvalue weighted by Gasteiger charge is 2.45. The minimum Gasteiger partial charge on any atom is -0.390 e. The number of hydrogen-bond acceptors (Lipinski definition) is 6. The van der Waals surface area contributed by atoms with Crippen LogP contribution in [0.3, 0.4) is 0 Å². The van der Waals surface area contributed by atoms with Crippen molar-refractivity contribution < 1.29 is 28.5 Å². The molecule has 3 aromatic rings. The van der Waals surface area contributed by atoms with Crippen LogP contribution in [-0.4, -0.2) is 44.4 Å². The fraction of sp³-hybridized carbons (Fsp3) is 0.320. The van der Waals surface area contributed by atoms with Crippen molar-refractivity contribution >= 4 is 11.6 Å². The number of nitrogens with one attached hydrogen (secondary N) is 1. The Morgan fingerprint density at radius 1 is 1.06 bits per heavy atom. The largest absolute Gasteiger partial charge is 0.390 e. The molecule has 9 heteroatoms. The number of aliphatic hydroxyl groups is 2. The summed E-state index contributed by atoms with van der Waals surface area (Å²) < 4.78 is 34.5. The number of pyridine rings is 2. The average molecular weight is 467 g/mol. The molecule has 1 aromatic carbocycles. The Morgan fingerprint density at radius 2 is 1.79 bits per heavy atom. The second-order valence-electron chi connectivity index (χ2n) is 8.64. The maximum atomic E-state index is 14.2. The number of aliphatic hydroxyl groups excluding tert-OH is 2. The van der Waals surface area contributed by atoms with Gasteiger partial charge in [0.2, 0.25) is 0 Å². The van der Waals surface area contributed by atoms with E-state index in [1.807, 2.05) is 0 Å². The molecule has 0 unspecified atom stereocenters. The molecule has 1 saturated heterocycles. The molecule has 176 valence electrons. The zero-order chi connectivity index (χ0) is 23.8. The third-order valence-corrected chi connectivity index (χ3v) is 6.24. The number of ether oxygens (including phenoxy) is 1. The molecule has 3 heterocycles. The summed E-state index contributed by atoms with van der Waals surface area (Å²) in [6.07, 6.45) is 2.13. The SMILES string of the molecule is O=C(Nc1cnccc1[C@H]1C[C@@H](O)[C@H](O)[C@@H](C2CC2)O1)c1cccc(-c2c(F)cccc2F)n1. The van der Waals surface area contributed by atoms with Crippen LogP contribution in [-0.2, 0) is 4.74 Å². The minimum atomic E-state index is -0.950. The van der Waals surface area contributed by atoms with Gasteiger partial charge in [-0.15, -0.1) is 0 Å². The van der Waals surface area contributed by atoms with E-state index in [9.17, 15) is 23.8 Å². The van der Waals surface area contributed by atoms with E-state index >= 15 is 0 Å². The summed E-state index contributed by atoms with van der Waals surface area (Å²) in [6.45, 7) is 0. The van der Waals surface area contributed by atoms with Crippen molar-refractivity contribution in [3.8, 4) is 11.3 Å². The third-order valence-electron chi connectivity index (χ3n) is 6.24. The van der Waals surface area contributed by atoms with E-state index in [2.05, 4.69) is 15.3 Å². The number of amides is 1. The first kappa shape index (κ1) is 22.5. The van der Waals surface area contributed by atoms with Gasteiger partial charge in [-0.3, -0.25) is 9.78 Å². The fourth-order valence-electron chi connectivity index (χ4n) is 4.34. The van der Waals surface area contributed by atoms with E-state index in [0.717, 1.165) is 25.0 Å². The van der Waals surface area contributed by atoms with Crippen molar-refractivity contribution in [1.29, 1.82) is 0 Å². The number of carbonyl (C=O) groups excluding carboxylic acids is 1. The number of nitrogens with zero attached hydrogens (tertiary/aromatic N) is 2. The van der Waals surface area contributed by atoms with Crippen LogP contribution in [0.1, 0.15) is 41.4 Å². The molecule has 3 N–H and O–H groups in total. The Kier molecular flexibility index (Phi) is 6.07. The number of hydrogen-bond donors (Lipinski definition) is 3. The third kappa shape index (κ3) is 4.42. The molecule has 2 fully saturated rings. The normalized spacial score (nSPS) is 24.6. The average Bonchev–Trinajstić information content (AvgIpc) is 3.67. The van der Waals surface area contributed by atoms with Crippen molar-refractivity contribution in [2.45, 2.75) is 43.7 Å². The van der Waals surface area contributed by atoms with Crippen LogP contribution in [0.15, 0.2) is 54.9 Å². The first-order chi connectivity index (χ1) is 16.4. The summed E-state index contributed by atoms with van der Waals surface area (Å²) >= 11 is 0. The van der Waals surface area contributed by atoms with Gasteiger partial charge in [0.1, 0.15) is 23.4 Å². The van der Waals surface area contributed by atoms with Crippen LogP contribution in [0, 0.1) is 17.6 Å². The standard InChI is InChI=1S/C25H23F2N3O4/c26-15-3-1-4-16(27)22(15)17-5-2-6-18(29-17)25(33)30-19-12-28-10-9-14(19)21-11-20(31)23(32)24(34-21)13-7-8-13/h1-6,9-10,12-13,20-21,23-24,31-32H,7-8,11H2,(H,30,33)/t20-,21-,23+,24-/m1/s1. The van der Waals surface area contributed by atoms with Crippen LogP contribution in [0.2, 0.25) is 0 Å². The minimum absolute atomic E-state index is 0.00495. The highest BCUT2D eigenvalue weighted by molar-refractivity contribution is 6.03. The van der Waals surface area contributed by atoms with Gasteiger partial charge in [0.05, 0.1) is 41.5 Å². The molecule has 1 aliphatic heterocycles. The molecule has 0 bridgehead atoms. The fourth-order valence-corrected chi connectivity index (χ4v) is 4.34. The summed E-state index contributed by atoms with van der Waals surface area (Å²) in [6, 6.07) is 9.55. The molecule has 5 rings (SSSR count). The number of benzene rings is 1. The second-order valence-corrected chi connectivity index (χ2v) is 8.64. The van der Waals surface area contributed by atoms with Gasteiger partial charge in [-0.1, -0.05) is 12.1 Å². The summed E-state index contributed by atoms with van der Waals surface area (Å²) in [5.41, 5.74) is 0.616. The van der Waals surface area contributed by atoms with Gasteiger partial charge in [0, 0.05) is 18.2 Å². The lowest BCUT2D eigenvalue weighted by atomic mass is 9.91. The van der Waals surface area contributed by atoms with E-state index in [4.69, 9.17) is 4.74 Å². The van der Waals surface area contributed by atoms with Crippen LogP contribution in [0.5, 0.6) is 0 Å². The van der Waals surface area contributed by atoms with Crippen LogP contribution in [0.4, 0.5) is 14.5 Å². The topological polar surface area (TPSA) is 105 Å². The molecule has 1 aliphatic carbocycles. The highest BCUT2D eigenvalue weighted by Crippen LogP contribution is 2.44. The van der Waals surface area contributed by atoms with Gasteiger partial charge in [-0.25, -0.2) is 13.8 Å².